The molecule has 1 rings (SSSR count). The summed E-state index contributed by atoms with van der Waals surface area (Å²) in [5, 5.41) is 8.77. The van der Waals surface area contributed by atoms with Gasteiger partial charge in [0.1, 0.15) is 0 Å². The first-order valence-corrected chi connectivity index (χ1v) is 8.71. The minimum absolute atomic E-state index is 0.00987. The number of nitrogens with zero attached hydrogens (tertiary/aromatic N) is 1. The maximum Gasteiger partial charge on any atom is 0.305 e. The van der Waals surface area contributed by atoms with Gasteiger partial charge < -0.3 is 10.0 Å². The van der Waals surface area contributed by atoms with Gasteiger partial charge in [0, 0.05) is 18.7 Å². The first-order valence-electron chi connectivity index (χ1n) is 7.55. The minimum Gasteiger partial charge on any atom is -0.481 e. The normalized spacial score (nSPS) is 10.6. The number of Topliss-reactive ketones (excluding diaryl/α,β-unsaturated/α-hetero) is 1. The van der Waals surface area contributed by atoms with Gasteiger partial charge in [0.15, 0.2) is 5.78 Å². The Balaban J connectivity index is 2.44. The lowest BCUT2D eigenvalue weighted by Crippen LogP contribution is -2.37. The van der Waals surface area contributed by atoms with Gasteiger partial charge in [-0.05, 0) is 5.92 Å². The van der Waals surface area contributed by atoms with Crippen molar-refractivity contribution in [1.29, 1.82) is 0 Å². The number of amides is 1. The van der Waals surface area contributed by atoms with Crippen LogP contribution in [0.1, 0.15) is 30.6 Å². The monoisotopic (exact) mass is 337 g/mol. The number of aliphatic carboxylic acids is 1. The zero-order chi connectivity index (χ0) is 17.2. The summed E-state index contributed by atoms with van der Waals surface area (Å²) in [7, 11) is 0. The summed E-state index contributed by atoms with van der Waals surface area (Å²) in [6.45, 7) is 4.69. The standard InChI is InChI=1S/C17H23NO4S/c1-13(2)10-18(9-8-17(21)22)16(20)12-23-11-15(19)14-6-4-3-5-7-14/h3-7,13H,8-12H2,1-2H3,(H,21,22). The fourth-order valence-corrected chi connectivity index (χ4v) is 2.83. The van der Waals surface area contributed by atoms with Crippen LogP contribution in [0.3, 0.4) is 0 Å². The molecule has 0 aliphatic rings. The molecule has 1 aromatic rings. The van der Waals surface area contributed by atoms with Crippen molar-refractivity contribution in [3.8, 4) is 0 Å². The van der Waals surface area contributed by atoms with Gasteiger partial charge >= 0.3 is 5.97 Å². The van der Waals surface area contributed by atoms with Crippen LogP contribution in [0.4, 0.5) is 0 Å². The van der Waals surface area contributed by atoms with Crippen molar-refractivity contribution in [2.75, 3.05) is 24.6 Å². The van der Waals surface area contributed by atoms with Crippen LogP contribution in [0.5, 0.6) is 0 Å². The van der Waals surface area contributed by atoms with E-state index in [9.17, 15) is 14.4 Å². The van der Waals surface area contributed by atoms with Crippen molar-refractivity contribution in [3.05, 3.63) is 35.9 Å². The summed E-state index contributed by atoms with van der Waals surface area (Å²) in [5.41, 5.74) is 0.636. The van der Waals surface area contributed by atoms with Crippen molar-refractivity contribution in [2.45, 2.75) is 20.3 Å². The minimum atomic E-state index is -0.918. The van der Waals surface area contributed by atoms with Crippen molar-refractivity contribution in [2.24, 2.45) is 5.92 Å². The van der Waals surface area contributed by atoms with Crippen molar-refractivity contribution >= 4 is 29.4 Å². The predicted octanol–water partition coefficient (Wildman–Crippen LogP) is 2.56. The Morgan fingerprint density at radius 1 is 1.13 bits per heavy atom. The summed E-state index contributed by atoms with van der Waals surface area (Å²) in [6.07, 6.45) is -0.0634. The molecule has 0 atom stereocenters. The molecule has 0 aromatic heterocycles. The molecular weight excluding hydrogens is 314 g/mol. The van der Waals surface area contributed by atoms with Crippen LogP contribution in [0.25, 0.3) is 0 Å². The number of carbonyl (C=O) groups is 3. The zero-order valence-electron chi connectivity index (χ0n) is 13.5. The van der Waals surface area contributed by atoms with Gasteiger partial charge in [-0.3, -0.25) is 14.4 Å². The zero-order valence-corrected chi connectivity index (χ0v) is 14.3. The molecule has 0 unspecified atom stereocenters. The maximum absolute atomic E-state index is 12.2. The molecule has 0 saturated carbocycles. The van der Waals surface area contributed by atoms with Crippen LogP contribution >= 0.6 is 11.8 Å². The summed E-state index contributed by atoms with van der Waals surface area (Å²) in [4.78, 5) is 36.4. The second-order valence-electron chi connectivity index (χ2n) is 5.66. The lowest BCUT2D eigenvalue weighted by Gasteiger charge is -2.23. The number of carbonyl (C=O) groups excluding carboxylic acids is 2. The van der Waals surface area contributed by atoms with Gasteiger partial charge in [-0.15, -0.1) is 11.8 Å². The number of rotatable bonds is 10. The van der Waals surface area contributed by atoms with Crippen LogP contribution in [0.15, 0.2) is 30.3 Å². The molecule has 6 heteroatoms. The Bertz CT molecular complexity index is 531. The third-order valence-corrected chi connectivity index (χ3v) is 4.01. The molecule has 0 radical (unpaired) electrons. The number of carboxylic acids is 1. The third-order valence-electron chi connectivity index (χ3n) is 3.09. The molecule has 0 saturated heterocycles. The van der Waals surface area contributed by atoms with Crippen LogP contribution in [0.2, 0.25) is 0 Å². The van der Waals surface area contributed by atoms with E-state index in [1.54, 1.807) is 29.2 Å². The van der Waals surface area contributed by atoms with E-state index in [1.165, 1.54) is 11.8 Å². The van der Waals surface area contributed by atoms with Crippen LogP contribution in [-0.4, -0.2) is 52.3 Å². The highest BCUT2D eigenvalue weighted by atomic mass is 32.2. The fourth-order valence-electron chi connectivity index (χ4n) is 2.02. The van der Waals surface area contributed by atoms with E-state index in [-0.39, 0.29) is 42.1 Å². The number of ketones is 1. The average Bonchev–Trinajstić information content (AvgIpc) is 2.51. The van der Waals surface area contributed by atoms with Gasteiger partial charge in [0.05, 0.1) is 17.9 Å². The number of hydrogen-bond donors (Lipinski definition) is 1. The Morgan fingerprint density at radius 2 is 1.78 bits per heavy atom. The molecule has 126 valence electrons. The number of hydrogen-bond acceptors (Lipinski definition) is 4. The van der Waals surface area contributed by atoms with E-state index in [0.717, 1.165) is 0 Å². The molecule has 5 nitrogen and oxygen atoms in total. The lowest BCUT2D eigenvalue weighted by molar-refractivity contribution is -0.138. The molecule has 1 aromatic carbocycles. The molecule has 23 heavy (non-hydrogen) atoms. The lowest BCUT2D eigenvalue weighted by atomic mass is 10.2. The van der Waals surface area contributed by atoms with E-state index in [4.69, 9.17) is 5.11 Å². The number of benzene rings is 1. The molecule has 0 heterocycles. The summed E-state index contributed by atoms with van der Waals surface area (Å²) in [5.74, 6) is -0.355. The molecule has 0 fully saturated rings. The van der Waals surface area contributed by atoms with E-state index >= 15 is 0 Å². The highest BCUT2D eigenvalue weighted by Gasteiger charge is 2.16. The molecule has 0 spiro atoms. The first-order chi connectivity index (χ1) is 10.9. The second kappa shape index (κ2) is 10.0. The van der Waals surface area contributed by atoms with E-state index in [1.807, 2.05) is 19.9 Å². The molecule has 0 bridgehead atoms. The molecule has 1 amide bonds. The SMILES string of the molecule is CC(C)CN(CCC(=O)O)C(=O)CSCC(=O)c1ccccc1. The van der Waals surface area contributed by atoms with Crippen molar-refractivity contribution in [3.63, 3.8) is 0 Å². The highest BCUT2D eigenvalue weighted by Crippen LogP contribution is 2.10. The molecule has 1 N–H and O–H groups in total. The second-order valence-corrected chi connectivity index (χ2v) is 6.64. The van der Waals surface area contributed by atoms with Gasteiger partial charge in [-0.1, -0.05) is 44.2 Å². The Kier molecular flexibility index (Phi) is 8.40. The first kappa shape index (κ1) is 19.2. The smallest absolute Gasteiger partial charge is 0.305 e. The largest absolute Gasteiger partial charge is 0.481 e. The fraction of sp³-hybridized carbons (Fsp3) is 0.471. The van der Waals surface area contributed by atoms with Crippen molar-refractivity contribution in [1.82, 2.24) is 4.90 Å². The Labute approximate surface area is 141 Å². The highest BCUT2D eigenvalue weighted by molar-refractivity contribution is 8.00. The van der Waals surface area contributed by atoms with E-state index in [0.29, 0.717) is 12.1 Å². The van der Waals surface area contributed by atoms with Crippen LogP contribution in [0, 0.1) is 5.92 Å². The third kappa shape index (κ3) is 7.83. The topological polar surface area (TPSA) is 74.7 Å². The van der Waals surface area contributed by atoms with Crippen LogP contribution < -0.4 is 0 Å². The molecular formula is C17H23NO4S. The molecule has 0 aliphatic heterocycles. The summed E-state index contributed by atoms with van der Waals surface area (Å²) < 4.78 is 0. The van der Waals surface area contributed by atoms with Gasteiger partial charge in [0.2, 0.25) is 5.91 Å². The van der Waals surface area contributed by atoms with E-state index < -0.39 is 5.97 Å². The quantitative estimate of drug-likeness (QED) is 0.664. The Hall–Kier alpha value is -1.82. The van der Waals surface area contributed by atoms with Gasteiger partial charge in [-0.2, -0.15) is 0 Å². The average molecular weight is 337 g/mol. The van der Waals surface area contributed by atoms with Gasteiger partial charge in [0.25, 0.3) is 0 Å². The summed E-state index contributed by atoms with van der Waals surface area (Å²) in [6, 6.07) is 8.96. The summed E-state index contributed by atoms with van der Waals surface area (Å²) >= 11 is 1.27. The Morgan fingerprint density at radius 3 is 2.35 bits per heavy atom. The van der Waals surface area contributed by atoms with Crippen LogP contribution in [-0.2, 0) is 9.59 Å². The van der Waals surface area contributed by atoms with Crippen molar-refractivity contribution < 1.29 is 19.5 Å². The number of thioether (sulfide) groups is 1. The van der Waals surface area contributed by atoms with Gasteiger partial charge in [-0.25, -0.2) is 0 Å². The predicted molar refractivity (Wildman–Crippen MR) is 91.8 cm³/mol. The molecule has 0 aliphatic carbocycles. The number of carboxylic acid groups (broad SMARTS) is 1. The van der Waals surface area contributed by atoms with E-state index in [2.05, 4.69) is 0 Å². The maximum atomic E-state index is 12.2.